The second kappa shape index (κ2) is 59.3. The van der Waals surface area contributed by atoms with Crippen molar-refractivity contribution in [3.8, 4) is 0 Å². The molecule has 0 rings (SSSR count). The Balaban J connectivity index is 4.21. The minimum atomic E-state index is -1.63. The molecule has 2 unspecified atom stereocenters. The second-order valence-corrected chi connectivity index (χ2v) is 21.2. The Hall–Kier alpha value is -4.83. The molecule has 9 nitrogen and oxygen atoms in total. The second-order valence-electron chi connectivity index (χ2n) is 21.2. The Labute approximate surface area is 483 Å². The Morgan fingerprint density at radius 3 is 1.01 bits per heavy atom. The SMILES string of the molecule is CC/C=C\C/C=C\C/C=C\C/C=C\C/C=C\C/C=C\C/C=C\C/C=C\C/C=C\CCCCCCCCCCCC(=O)OC(COC(=O)CCCCCCCCC/C=C\C/C=C\C/C=C\CC)COC(OCC[N+](C)(C)C)C(=O)[O-]. The van der Waals surface area contributed by atoms with Crippen LogP contribution in [0.15, 0.2) is 146 Å². The lowest BCUT2D eigenvalue weighted by atomic mass is 10.1. The number of hydrogen-bond donors (Lipinski definition) is 0. The van der Waals surface area contributed by atoms with Crippen LogP contribution in [0.5, 0.6) is 0 Å². The first kappa shape index (κ1) is 74.2. The van der Waals surface area contributed by atoms with Crippen LogP contribution in [0, 0.1) is 0 Å². The number of unbranched alkanes of at least 4 members (excludes halogenated alkanes) is 16. The van der Waals surface area contributed by atoms with Crippen molar-refractivity contribution in [3.63, 3.8) is 0 Å². The number of hydrogen-bond acceptors (Lipinski definition) is 8. The van der Waals surface area contributed by atoms with Gasteiger partial charge in [-0.1, -0.05) is 237 Å². The third kappa shape index (κ3) is 60.7. The zero-order valence-electron chi connectivity index (χ0n) is 50.7. The van der Waals surface area contributed by atoms with Crippen molar-refractivity contribution in [2.24, 2.45) is 0 Å². The molecular formula is C70H113NO8. The lowest BCUT2D eigenvalue weighted by molar-refractivity contribution is -0.870. The van der Waals surface area contributed by atoms with Gasteiger partial charge in [0.2, 0.25) is 0 Å². The van der Waals surface area contributed by atoms with Crippen LogP contribution < -0.4 is 5.11 Å². The fourth-order valence-electron chi connectivity index (χ4n) is 7.90. The highest BCUT2D eigenvalue weighted by Gasteiger charge is 2.22. The summed E-state index contributed by atoms with van der Waals surface area (Å²) in [5.41, 5.74) is 0. The van der Waals surface area contributed by atoms with Crippen LogP contribution in [0.1, 0.15) is 219 Å². The van der Waals surface area contributed by atoms with Crippen LogP contribution >= 0.6 is 0 Å². The molecule has 0 aromatic heterocycles. The fourth-order valence-corrected chi connectivity index (χ4v) is 7.90. The van der Waals surface area contributed by atoms with Crippen molar-refractivity contribution in [1.29, 1.82) is 0 Å². The smallest absolute Gasteiger partial charge is 0.306 e. The molecule has 0 bridgehead atoms. The van der Waals surface area contributed by atoms with Gasteiger partial charge in [0, 0.05) is 12.8 Å². The van der Waals surface area contributed by atoms with Crippen molar-refractivity contribution in [1.82, 2.24) is 0 Å². The van der Waals surface area contributed by atoms with Crippen molar-refractivity contribution in [3.05, 3.63) is 146 Å². The predicted molar refractivity (Wildman–Crippen MR) is 333 cm³/mol. The predicted octanol–water partition coefficient (Wildman–Crippen LogP) is 17.5. The van der Waals surface area contributed by atoms with Gasteiger partial charge in [-0.05, 0) is 116 Å². The minimum absolute atomic E-state index is 0.137. The molecule has 9 heteroatoms. The molecule has 0 aromatic rings. The molecule has 0 aliphatic carbocycles. The number of rotatable bonds is 55. The normalized spacial score (nSPS) is 13.8. The molecule has 0 radical (unpaired) electrons. The van der Waals surface area contributed by atoms with Gasteiger partial charge in [-0.25, -0.2) is 0 Å². The quantitative estimate of drug-likeness (QED) is 0.0195. The van der Waals surface area contributed by atoms with E-state index in [4.69, 9.17) is 18.9 Å². The monoisotopic (exact) mass is 1100 g/mol. The molecule has 0 aliphatic rings. The molecule has 0 spiro atoms. The standard InChI is InChI=1S/C70H113NO8/c1-6-8-10-12-14-16-18-20-22-24-25-26-27-28-29-30-31-32-33-34-35-36-37-38-39-40-41-42-43-45-47-49-51-53-55-57-59-61-68(73)79-66(65-78-70(69(74)75)76-63-62-71(3,4)5)64-77-67(72)60-58-56-54-52-50-48-46-44-23-21-19-17-15-13-11-9-7-2/h8-11,14-17,20-23,25-26,28-29,31-32,34-35,37-38,40-41,66,70H,6-7,12-13,18-19,24,27,30,33,36,39,42-65H2,1-5H3/b10-8-,11-9-,16-14-,17-15-,22-20-,23-21-,26-25-,29-28-,32-31-,35-34-,38-37-,41-40-. The van der Waals surface area contributed by atoms with E-state index >= 15 is 0 Å². The maximum Gasteiger partial charge on any atom is 0.306 e. The number of likely N-dealkylation sites (N-methyl/N-ethyl adjacent to an activating group) is 1. The third-order valence-electron chi connectivity index (χ3n) is 12.6. The number of carboxylic acids is 1. The minimum Gasteiger partial charge on any atom is -0.545 e. The average Bonchev–Trinajstić information content (AvgIpc) is 3.42. The van der Waals surface area contributed by atoms with Gasteiger partial charge in [-0.15, -0.1) is 0 Å². The number of aliphatic carboxylic acids is 1. The van der Waals surface area contributed by atoms with Gasteiger partial charge in [0.25, 0.3) is 0 Å². The van der Waals surface area contributed by atoms with E-state index < -0.39 is 24.3 Å². The largest absolute Gasteiger partial charge is 0.545 e. The number of carbonyl (C=O) groups is 3. The maximum atomic E-state index is 12.9. The number of allylic oxidation sites excluding steroid dienone is 24. The van der Waals surface area contributed by atoms with Crippen LogP contribution in [0.3, 0.4) is 0 Å². The van der Waals surface area contributed by atoms with Gasteiger partial charge in [-0.2, -0.15) is 0 Å². The van der Waals surface area contributed by atoms with E-state index in [0.717, 1.165) is 135 Å². The highest BCUT2D eigenvalue weighted by atomic mass is 16.7. The number of esters is 2. The molecule has 0 aromatic carbocycles. The third-order valence-corrected chi connectivity index (χ3v) is 12.6. The first-order valence-corrected chi connectivity index (χ1v) is 31.0. The molecule has 79 heavy (non-hydrogen) atoms. The number of carbonyl (C=O) groups excluding carboxylic acids is 3. The van der Waals surface area contributed by atoms with E-state index in [1.54, 1.807) is 0 Å². The summed E-state index contributed by atoms with van der Waals surface area (Å²) in [5.74, 6) is -2.32. The molecule has 0 saturated carbocycles. The summed E-state index contributed by atoms with van der Waals surface area (Å²) in [4.78, 5) is 37.3. The summed E-state index contributed by atoms with van der Waals surface area (Å²) in [6.07, 6.45) is 83.3. The number of nitrogens with zero attached hydrogens (tertiary/aromatic N) is 1. The molecule has 2 atom stereocenters. The van der Waals surface area contributed by atoms with E-state index in [2.05, 4.69) is 160 Å². The summed E-state index contributed by atoms with van der Waals surface area (Å²) >= 11 is 0. The summed E-state index contributed by atoms with van der Waals surface area (Å²) < 4.78 is 22.7. The van der Waals surface area contributed by atoms with Gasteiger partial charge in [-0.3, -0.25) is 9.59 Å². The molecule has 0 fully saturated rings. The highest BCUT2D eigenvalue weighted by Crippen LogP contribution is 2.15. The molecule has 0 heterocycles. The number of quaternary nitrogens is 1. The lowest BCUT2D eigenvalue weighted by Crippen LogP contribution is -2.44. The Bertz CT molecular complexity index is 1800. The van der Waals surface area contributed by atoms with Crippen LogP contribution in [0.25, 0.3) is 0 Å². The van der Waals surface area contributed by atoms with E-state index in [1.807, 2.05) is 21.1 Å². The van der Waals surface area contributed by atoms with Crippen LogP contribution in [-0.2, 0) is 33.3 Å². The highest BCUT2D eigenvalue weighted by molar-refractivity contribution is 5.70. The van der Waals surface area contributed by atoms with E-state index in [9.17, 15) is 19.5 Å². The van der Waals surface area contributed by atoms with Gasteiger partial charge in [0.05, 0.1) is 40.3 Å². The molecule has 0 saturated heterocycles. The zero-order valence-corrected chi connectivity index (χ0v) is 50.7. The summed E-state index contributed by atoms with van der Waals surface area (Å²) in [7, 11) is 5.91. The van der Waals surface area contributed by atoms with E-state index in [0.29, 0.717) is 17.4 Å². The van der Waals surface area contributed by atoms with Crippen LogP contribution in [-0.4, -0.2) is 82.3 Å². The Morgan fingerprint density at radius 2 is 0.684 bits per heavy atom. The van der Waals surface area contributed by atoms with Crippen LogP contribution in [0.2, 0.25) is 0 Å². The van der Waals surface area contributed by atoms with Gasteiger partial charge < -0.3 is 33.3 Å². The number of carboxylic acid groups (broad SMARTS) is 1. The Morgan fingerprint density at radius 1 is 0.380 bits per heavy atom. The molecular weight excluding hydrogens is 983 g/mol. The fraction of sp³-hybridized carbons (Fsp3) is 0.614. The number of ether oxygens (including phenoxy) is 4. The summed E-state index contributed by atoms with van der Waals surface area (Å²) in [6.45, 7) is 4.48. The molecule has 0 aliphatic heterocycles. The van der Waals surface area contributed by atoms with Crippen molar-refractivity contribution >= 4 is 17.9 Å². The topological polar surface area (TPSA) is 111 Å². The first-order valence-electron chi connectivity index (χ1n) is 31.0. The van der Waals surface area contributed by atoms with Crippen LogP contribution in [0.4, 0.5) is 0 Å². The summed E-state index contributed by atoms with van der Waals surface area (Å²) in [6, 6.07) is 0. The lowest BCUT2D eigenvalue weighted by Gasteiger charge is -2.26. The average molecular weight is 1100 g/mol. The van der Waals surface area contributed by atoms with Crippen molar-refractivity contribution < 1.29 is 42.9 Å². The maximum absolute atomic E-state index is 12.9. The van der Waals surface area contributed by atoms with Gasteiger partial charge in [0.15, 0.2) is 12.4 Å². The molecule has 0 amide bonds. The van der Waals surface area contributed by atoms with Crippen molar-refractivity contribution in [2.75, 3.05) is 47.5 Å². The first-order chi connectivity index (χ1) is 38.6. The van der Waals surface area contributed by atoms with E-state index in [-0.39, 0.29) is 38.6 Å². The van der Waals surface area contributed by atoms with E-state index in [1.165, 1.54) is 51.4 Å². The van der Waals surface area contributed by atoms with Gasteiger partial charge >= 0.3 is 11.9 Å². The van der Waals surface area contributed by atoms with Gasteiger partial charge in [0.1, 0.15) is 13.2 Å². The van der Waals surface area contributed by atoms with Crippen molar-refractivity contribution in [2.45, 2.75) is 232 Å². The molecule has 0 N–H and O–H groups in total. The summed E-state index contributed by atoms with van der Waals surface area (Å²) in [5, 5.41) is 11.8. The molecule has 446 valence electrons. The Kier molecular flexibility index (Phi) is 55.7. The zero-order chi connectivity index (χ0) is 57.6.